The summed E-state index contributed by atoms with van der Waals surface area (Å²) in [4.78, 5) is 6.19. The van der Waals surface area contributed by atoms with Gasteiger partial charge < -0.3 is 14.8 Å². The van der Waals surface area contributed by atoms with Crippen molar-refractivity contribution in [1.82, 2.24) is 25.0 Å². The zero-order chi connectivity index (χ0) is 18.7. The highest BCUT2D eigenvalue weighted by Gasteiger charge is 2.22. The van der Waals surface area contributed by atoms with Crippen molar-refractivity contribution in [2.45, 2.75) is 32.9 Å². The van der Waals surface area contributed by atoms with Crippen LogP contribution in [-0.2, 0) is 19.5 Å². The van der Waals surface area contributed by atoms with E-state index >= 15 is 0 Å². The lowest BCUT2D eigenvalue weighted by Crippen LogP contribution is -2.42. The molecule has 0 aliphatic carbocycles. The predicted molar refractivity (Wildman–Crippen MR) is 101 cm³/mol. The van der Waals surface area contributed by atoms with E-state index in [-0.39, 0.29) is 5.82 Å². The summed E-state index contributed by atoms with van der Waals surface area (Å²) in [5.74, 6) is 2.91. The number of aryl methyl sites for hydroxylation is 2. The Bertz CT molecular complexity index is 783. The van der Waals surface area contributed by atoms with E-state index in [0.717, 1.165) is 43.5 Å². The number of nitrogens with zero attached hydrogens (tertiary/aromatic N) is 5. The van der Waals surface area contributed by atoms with Gasteiger partial charge in [0.1, 0.15) is 17.5 Å². The van der Waals surface area contributed by atoms with Crippen molar-refractivity contribution in [3.8, 4) is 0 Å². The second kappa shape index (κ2) is 8.03. The molecule has 1 aliphatic rings. The summed E-state index contributed by atoms with van der Waals surface area (Å²) in [6.07, 6.45) is 2.00. The van der Waals surface area contributed by atoms with E-state index in [0.29, 0.717) is 23.0 Å². The molecule has 0 radical (unpaired) electrons. The Kier molecular flexibility index (Phi) is 5.76. The molecule has 1 unspecified atom stereocenters. The predicted octanol–water partition coefficient (Wildman–Crippen LogP) is 2.65. The third kappa shape index (κ3) is 3.98. The molecule has 1 atom stereocenters. The zero-order valence-electron chi connectivity index (χ0n) is 15.3. The maximum Gasteiger partial charge on any atom is 0.193 e. The van der Waals surface area contributed by atoms with Crippen molar-refractivity contribution in [3.63, 3.8) is 0 Å². The molecule has 8 heteroatoms. The number of benzene rings is 1. The Hall–Kier alpha value is -2.15. The standard InChI is InChI=1S/C18H24ClFN6/c1-12-23-24-17-8-7-13(10-26(12)17)9-22-18(21-2)25(3)11-14-15(19)5-4-6-16(14)20/h4-6,13H,7-11H2,1-3H3,(H,21,22). The van der Waals surface area contributed by atoms with Gasteiger partial charge in [-0.1, -0.05) is 17.7 Å². The Labute approximate surface area is 158 Å². The van der Waals surface area contributed by atoms with Crippen molar-refractivity contribution in [1.29, 1.82) is 0 Å². The molecule has 1 N–H and O–H groups in total. The molecule has 1 aromatic heterocycles. The fourth-order valence-electron chi connectivity index (χ4n) is 3.31. The van der Waals surface area contributed by atoms with Gasteiger partial charge in [0, 0.05) is 50.7 Å². The first-order valence-corrected chi connectivity index (χ1v) is 9.10. The van der Waals surface area contributed by atoms with Crippen LogP contribution in [0.5, 0.6) is 0 Å². The van der Waals surface area contributed by atoms with E-state index in [1.165, 1.54) is 6.07 Å². The van der Waals surface area contributed by atoms with Crippen LogP contribution in [-0.4, -0.2) is 46.3 Å². The first kappa shape index (κ1) is 18.6. The minimum absolute atomic E-state index is 0.303. The summed E-state index contributed by atoms with van der Waals surface area (Å²) >= 11 is 6.13. The van der Waals surface area contributed by atoms with Crippen LogP contribution in [0.3, 0.4) is 0 Å². The second-order valence-corrected chi connectivity index (χ2v) is 7.07. The topological polar surface area (TPSA) is 58.3 Å². The van der Waals surface area contributed by atoms with Gasteiger partial charge in [0.2, 0.25) is 0 Å². The lowest BCUT2D eigenvalue weighted by Gasteiger charge is -2.27. The van der Waals surface area contributed by atoms with Gasteiger partial charge in [-0.3, -0.25) is 4.99 Å². The Morgan fingerprint density at radius 2 is 2.27 bits per heavy atom. The highest BCUT2D eigenvalue weighted by Crippen LogP contribution is 2.21. The molecule has 140 valence electrons. The van der Waals surface area contributed by atoms with Gasteiger partial charge in [-0.2, -0.15) is 0 Å². The maximum atomic E-state index is 14.0. The lowest BCUT2D eigenvalue weighted by atomic mass is 9.99. The summed E-state index contributed by atoms with van der Waals surface area (Å²) in [5, 5.41) is 12.2. The van der Waals surface area contributed by atoms with Gasteiger partial charge in [0.25, 0.3) is 0 Å². The number of halogens is 2. The molecule has 0 fully saturated rings. The van der Waals surface area contributed by atoms with E-state index in [2.05, 4.69) is 25.1 Å². The fourth-order valence-corrected chi connectivity index (χ4v) is 3.54. The van der Waals surface area contributed by atoms with Crippen molar-refractivity contribution >= 4 is 17.6 Å². The number of fused-ring (bicyclic) bond motifs is 1. The Morgan fingerprint density at radius 3 is 3.00 bits per heavy atom. The minimum Gasteiger partial charge on any atom is -0.356 e. The van der Waals surface area contributed by atoms with Crippen molar-refractivity contribution in [2.75, 3.05) is 20.6 Å². The molecule has 26 heavy (non-hydrogen) atoms. The van der Waals surface area contributed by atoms with Gasteiger partial charge >= 0.3 is 0 Å². The first-order valence-electron chi connectivity index (χ1n) is 8.73. The largest absolute Gasteiger partial charge is 0.356 e. The fraction of sp³-hybridized carbons (Fsp3) is 0.500. The summed E-state index contributed by atoms with van der Waals surface area (Å²) < 4.78 is 16.2. The normalized spacial score (nSPS) is 17.1. The van der Waals surface area contributed by atoms with Crippen LogP contribution < -0.4 is 5.32 Å². The highest BCUT2D eigenvalue weighted by atomic mass is 35.5. The van der Waals surface area contributed by atoms with Crippen molar-refractivity contribution < 1.29 is 4.39 Å². The van der Waals surface area contributed by atoms with Crippen LogP contribution in [0.1, 0.15) is 23.6 Å². The average Bonchev–Trinajstić information content (AvgIpc) is 2.99. The average molecular weight is 379 g/mol. The second-order valence-electron chi connectivity index (χ2n) is 6.66. The molecule has 2 aromatic rings. The number of rotatable bonds is 4. The molecule has 0 saturated heterocycles. The number of hydrogen-bond acceptors (Lipinski definition) is 3. The van der Waals surface area contributed by atoms with Crippen LogP contribution in [0, 0.1) is 18.7 Å². The van der Waals surface area contributed by atoms with E-state index in [4.69, 9.17) is 11.6 Å². The molecule has 0 amide bonds. The molecule has 6 nitrogen and oxygen atoms in total. The number of nitrogens with one attached hydrogen (secondary N) is 1. The number of aromatic nitrogens is 3. The Morgan fingerprint density at radius 1 is 1.46 bits per heavy atom. The molecule has 0 saturated carbocycles. The van der Waals surface area contributed by atoms with Crippen LogP contribution in [0.25, 0.3) is 0 Å². The lowest BCUT2D eigenvalue weighted by molar-refractivity contribution is 0.352. The summed E-state index contributed by atoms with van der Waals surface area (Å²) in [6, 6.07) is 4.73. The van der Waals surface area contributed by atoms with Gasteiger partial charge in [-0.25, -0.2) is 4.39 Å². The maximum absolute atomic E-state index is 14.0. The summed E-state index contributed by atoms with van der Waals surface area (Å²) in [7, 11) is 3.60. The Balaban J connectivity index is 1.59. The van der Waals surface area contributed by atoms with Gasteiger partial charge in [-0.05, 0) is 31.4 Å². The third-order valence-corrected chi connectivity index (χ3v) is 5.16. The quantitative estimate of drug-likeness (QED) is 0.656. The molecule has 0 bridgehead atoms. The SMILES string of the molecule is CN=C(NCC1CCc2nnc(C)n2C1)N(C)Cc1c(F)cccc1Cl. The van der Waals surface area contributed by atoms with Crippen LogP contribution in [0.4, 0.5) is 4.39 Å². The smallest absolute Gasteiger partial charge is 0.193 e. The number of hydrogen-bond donors (Lipinski definition) is 1. The van der Waals surface area contributed by atoms with E-state index in [1.807, 2.05) is 18.9 Å². The zero-order valence-corrected chi connectivity index (χ0v) is 16.1. The van der Waals surface area contributed by atoms with Gasteiger partial charge in [0.15, 0.2) is 5.96 Å². The number of guanidine groups is 1. The van der Waals surface area contributed by atoms with E-state index in [1.54, 1.807) is 19.2 Å². The molecule has 2 heterocycles. The van der Waals surface area contributed by atoms with Crippen molar-refractivity contribution in [3.05, 3.63) is 46.3 Å². The van der Waals surface area contributed by atoms with Gasteiger partial charge in [-0.15, -0.1) is 10.2 Å². The van der Waals surface area contributed by atoms with Crippen LogP contribution >= 0.6 is 11.6 Å². The number of aliphatic imine (C=N–C) groups is 1. The molecular weight excluding hydrogens is 355 g/mol. The molecule has 1 aliphatic heterocycles. The highest BCUT2D eigenvalue weighted by molar-refractivity contribution is 6.31. The first-order chi connectivity index (χ1) is 12.5. The molecule has 0 spiro atoms. The van der Waals surface area contributed by atoms with Gasteiger partial charge in [0.05, 0.1) is 0 Å². The van der Waals surface area contributed by atoms with Crippen LogP contribution in [0.15, 0.2) is 23.2 Å². The minimum atomic E-state index is -0.303. The summed E-state index contributed by atoms with van der Waals surface area (Å²) in [5.41, 5.74) is 0.474. The van der Waals surface area contributed by atoms with Crippen LogP contribution in [0.2, 0.25) is 5.02 Å². The monoisotopic (exact) mass is 378 g/mol. The summed E-state index contributed by atoms with van der Waals surface area (Å²) in [6.45, 7) is 4.03. The molecule has 3 rings (SSSR count). The molecular formula is C18H24ClFN6. The van der Waals surface area contributed by atoms with Crippen molar-refractivity contribution in [2.24, 2.45) is 10.9 Å². The third-order valence-electron chi connectivity index (χ3n) is 4.81. The van der Waals surface area contributed by atoms with E-state index < -0.39 is 0 Å². The molecule has 1 aromatic carbocycles. The van der Waals surface area contributed by atoms with E-state index in [9.17, 15) is 4.39 Å².